The van der Waals surface area contributed by atoms with Crippen molar-refractivity contribution in [3.8, 4) is 0 Å². The van der Waals surface area contributed by atoms with Crippen molar-refractivity contribution in [3.05, 3.63) is 59.4 Å². The third kappa shape index (κ3) is 3.03. The summed E-state index contributed by atoms with van der Waals surface area (Å²) in [6.07, 6.45) is 2.66. The number of furan rings is 1. The molecule has 23 heavy (non-hydrogen) atoms. The molecule has 0 aliphatic carbocycles. The normalized spacial score (nSPS) is 19.0. The van der Waals surface area contributed by atoms with Crippen molar-refractivity contribution in [2.75, 3.05) is 18.8 Å². The highest BCUT2D eigenvalue weighted by Gasteiger charge is 2.25. The Morgan fingerprint density at radius 1 is 1.17 bits per heavy atom. The number of hydrogen-bond donors (Lipinski definition) is 0. The summed E-state index contributed by atoms with van der Waals surface area (Å²) in [5.74, 6) is 2.13. The van der Waals surface area contributed by atoms with Gasteiger partial charge in [-0.15, -0.1) is 23.1 Å². The van der Waals surface area contributed by atoms with Gasteiger partial charge < -0.3 is 9.32 Å². The number of nitrogens with zero attached hydrogens (tertiary/aromatic N) is 1. The van der Waals surface area contributed by atoms with Crippen LogP contribution >= 0.6 is 23.1 Å². The predicted molar refractivity (Wildman–Crippen MR) is 96.3 cm³/mol. The quantitative estimate of drug-likeness (QED) is 0.669. The van der Waals surface area contributed by atoms with Crippen LogP contribution in [-0.4, -0.2) is 29.6 Å². The molecule has 4 rings (SSSR count). The second-order valence-corrected chi connectivity index (χ2v) is 8.00. The van der Waals surface area contributed by atoms with Gasteiger partial charge in [0.15, 0.2) is 0 Å². The molecule has 1 atom stereocenters. The third-order valence-electron chi connectivity index (χ3n) is 4.13. The Labute approximate surface area is 143 Å². The molecule has 1 aliphatic heterocycles. The van der Waals surface area contributed by atoms with E-state index >= 15 is 0 Å². The molecule has 0 saturated carbocycles. The van der Waals surface area contributed by atoms with Crippen LogP contribution in [0.2, 0.25) is 0 Å². The maximum Gasteiger partial charge on any atom is 0.263 e. The van der Waals surface area contributed by atoms with Gasteiger partial charge in [0, 0.05) is 23.5 Å². The largest absolute Gasteiger partial charge is 0.468 e. The van der Waals surface area contributed by atoms with Gasteiger partial charge in [0.05, 0.1) is 16.4 Å². The second-order valence-electron chi connectivity index (χ2n) is 5.60. The van der Waals surface area contributed by atoms with Gasteiger partial charge in [-0.2, -0.15) is 0 Å². The fourth-order valence-electron chi connectivity index (χ4n) is 2.92. The van der Waals surface area contributed by atoms with E-state index in [0.29, 0.717) is 5.25 Å². The van der Waals surface area contributed by atoms with E-state index in [9.17, 15) is 4.79 Å². The molecule has 3 heterocycles. The maximum absolute atomic E-state index is 12.8. The summed E-state index contributed by atoms with van der Waals surface area (Å²) < 4.78 is 6.70. The summed E-state index contributed by atoms with van der Waals surface area (Å²) in [5, 5.41) is 1.50. The number of thioether (sulfide) groups is 1. The van der Waals surface area contributed by atoms with Crippen LogP contribution in [0.3, 0.4) is 0 Å². The van der Waals surface area contributed by atoms with E-state index in [4.69, 9.17) is 4.42 Å². The van der Waals surface area contributed by atoms with Crippen LogP contribution in [0.4, 0.5) is 0 Å². The van der Waals surface area contributed by atoms with Crippen molar-refractivity contribution in [2.45, 2.75) is 11.7 Å². The van der Waals surface area contributed by atoms with Crippen LogP contribution in [0.25, 0.3) is 10.1 Å². The zero-order chi connectivity index (χ0) is 15.6. The zero-order valence-electron chi connectivity index (χ0n) is 12.6. The lowest BCUT2D eigenvalue weighted by Gasteiger charge is -2.19. The predicted octanol–water partition coefficient (Wildman–Crippen LogP) is 4.81. The van der Waals surface area contributed by atoms with Gasteiger partial charge in [-0.3, -0.25) is 4.79 Å². The first-order valence-electron chi connectivity index (χ1n) is 7.74. The average Bonchev–Trinajstić information content (AvgIpc) is 3.19. The first-order valence-corrected chi connectivity index (χ1v) is 9.60. The molecule has 0 spiro atoms. The van der Waals surface area contributed by atoms with E-state index < -0.39 is 0 Å². The Kier molecular flexibility index (Phi) is 4.14. The minimum Gasteiger partial charge on any atom is -0.468 e. The molecule has 0 radical (unpaired) electrons. The lowest BCUT2D eigenvalue weighted by Crippen LogP contribution is -2.32. The molecule has 0 N–H and O–H groups in total. The molecule has 0 bridgehead atoms. The number of fused-ring (bicyclic) bond motifs is 1. The molecule has 2 aromatic heterocycles. The topological polar surface area (TPSA) is 33.5 Å². The summed E-state index contributed by atoms with van der Waals surface area (Å²) in [4.78, 5) is 15.6. The van der Waals surface area contributed by atoms with E-state index in [1.807, 2.05) is 47.0 Å². The molecule has 1 fully saturated rings. The second kappa shape index (κ2) is 6.42. The first-order chi connectivity index (χ1) is 11.3. The molecule has 3 nitrogen and oxygen atoms in total. The van der Waals surface area contributed by atoms with Crippen LogP contribution in [-0.2, 0) is 0 Å². The van der Waals surface area contributed by atoms with Crippen LogP contribution in [0.15, 0.2) is 53.1 Å². The van der Waals surface area contributed by atoms with E-state index in [1.54, 1.807) is 17.6 Å². The highest BCUT2D eigenvalue weighted by atomic mass is 32.2. The molecule has 1 unspecified atom stereocenters. The van der Waals surface area contributed by atoms with Crippen molar-refractivity contribution in [1.82, 2.24) is 4.90 Å². The third-order valence-corrected chi connectivity index (χ3v) is 6.52. The van der Waals surface area contributed by atoms with Crippen LogP contribution in [0.5, 0.6) is 0 Å². The number of amides is 1. The van der Waals surface area contributed by atoms with Gasteiger partial charge in [-0.25, -0.2) is 0 Å². The number of hydrogen-bond acceptors (Lipinski definition) is 4. The Morgan fingerprint density at radius 3 is 2.91 bits per heavy atom. The fraction of sp³-hybridized carbons (Fsp3) is 0.278. The van der Waals surface area contributed by atoms with E-state index in [1.165, 1.54) is 4.70 Å². The van der Waals surface area contributed by atoms with Crippen molar-refractivity contribution in [3.63, 3.8) is 0 Å². The van der Waals surface area contributed by atoms with Gasteiger partial charge in [0.2, 0.25) is 0 Å². The number of benzene rings is 1. The summed E-state index contributed by atoms with van der Waals surface area (Å²) in [6, 6.07) is 14.1. The highest BCUT2D eigenvalue weighted by molar-refractivity contribution is 7.99. The maximum atomic E-state index is 12.8. The minimum atomic E-state index is 0.159. The molecule has 1 aliphatic rings. The van der Waals surface area contributed by atoms with Crippen molar-refractivity contribution in [1.29, 1.82) is 0 Å². The monoisotopic (exact) mass is 343 g/mol. The van der Waals surface area contributed by atoms with E-state index in [0.717, 1.165) is 41.3 Å². The summed E-state index contributed by atoms with van der Waals surface area (Å²) in [6.45, 7) is 1.58. The van der Waals surface area contributed by atoms with Gasteiger partial charge >= 0.3 is 0 Å². The molecular formula is C18H17NO2S2. The van der Waals surface area contributed by atoms with Crippen molar-refractivity contribution >= 4 is 39.1 Å². The summed E-state index contributed by atoms with van der Waals surface area (Å²) >= 11 is 3.47. The molecular weight excluding hydrogens is 326 g/mol. The zero-order valence-corrected chi connectivity index (χ0v) is 14.2. The highest BCUT2D eigenvalue weighted by Crippen LogP contribution is 2.35. The SMILES string of the molecule is O=C(c1cc2ccccc2s1)N1CCSC(c2ccco2)CC1. The molecule has 1 saturated heterocycles. The first kappa shape index (κ1) is 14.8. The van der Waals surface area contributed by atoms with E-state index in [2.05, 4.69) is 12.1 Å². The average molecular weight is 343 g/mol. The van der Waals surface area contributed by atoms with Gasteiger partial charge in [0.1, 0.15) is 5.76 Å². The minimum absolute atomic E-state index is 0.159. The van der Waals surface area contributed by atoms with Crippen molar-refractivity contribution < 1.29 is 9.21 Å². The lowest BCUT2D eigenvalue weighted by molar-refractivity contribution is 0.0771. The van der Waals surface area contributed by atoms with Crippen molar-refractivity contribution in [2.24, 2.45) is 0 Å². The molecule has 118 valence electrons. The fourth-order valence-corrected chi connectivity index (χ4v) is 5.13. The Morgan fingerprint density at radius 2 is 2.09 bits per heavy atom. The van der Waals surface area contributed by atoms with Gasteiger partial charge in [-0.05, 0) is 36.1 Å². The Balaban J connectivity index is 1.50. The van der Waals surface area contributed by atoms with Crippen LogP contribution < -0.4 is 0 Å². The molecule has 3 aromatic rings. The van der Waals surface area contributed by atoms with Gasteiger partial charge in [-0.1, -0.05) is 18.2 Å². The summed E-state index contributed by atoms with van der Waals surface area (Å²) in [5.41, 5.74) is 0. The molecule has 5 heteroatoms. The number of thiophene rings is 1. The number of rotatable bonds is 2. The smallest absolute Gasteiger partial charge is 0.263 e. The Bertz CT molecular complexity index is 776. The van der Waals surface area contributed by atoms with Gasteiger partial charge in [0.25, 0.3) is 5.91 Å². The number of carbonyl (C=O) groups is 1. The molecule has 1 aromatic carbocycles. The lowest BCUT2D eigenvalue weighted by atomic mass is 10.2. The molecule has 1 amide bonds. The standard InChI is InChI=1S/C18H17NO2S2/c20-18(17-12-13-4-1-2-6-15(13)23-17)19-8-7-16(22-11-9-19)14-5-3-10-21-14/h1-6,10,12,16H,7-9,11H2. The Hall–Kier alpha value is -1.72. The van der Waals surface area contributed by atoms with E-state index in [-0.39, 0.29) is 5.91 Å². The summed E-state index contributed by atoms with van der Waals surface area (Å²) in [7, 11) is 0. The van der Waals surface area contributed by atoms with Crippen LogP contribution in [0.1, 0.15) is 27.1 Å². The number of carbonyl (C=O) groups excluding carboxylic acids is 1. The van der Waals surface area contributed by atoms with Crippen LogP contribution in [0, 0.1) is 0 Å².